The molecule has 0 bridgehead atoms. The van der Waals surface area contributed by atoms with Crippen molar-refractivity contribution < 1.29 is 13.5 Å². The lowest BCUT2D eigenvalue weighted by atomic mass is 9.97. The fourth-order valence-electron chi connectivity index (χ4n) is 2.76. The number of nitrogens with one attached hydrogen (secondary N) is 1. The minimum atomic E-state index is -2.38. The average Bonchev–Trinajstić information content (AvgIpc) is 2.77. The zero-order valence-corrected chi connectivity index (χ0v) is 12.0. The van der Waals surface area contributed by atoms with Gasteiger partial charge in [-0.1, -0.05) is 0 Å². The van der Waals surface area contributed by atoms with Crippen molar-refractivity contribution in [2.45, 2.75) is 37.6 Å². The van der Waals surface area contributed by atoms with Gasteiger partial charge >= 0.3 is 0 Å². The van der Waals surface area contributed by atoms with Crippen LogP contribution in [-0.4, -0.2) is 36.0 Å². The molecule has 3 rings (SSSR count). The Balaban J connectivity index is 1.94. The summed E-state index contributed by atoms with van der Waals surface area (Å²) >= 11 is 3.52. The molecule has 4 nitrogen and oxygen atoms in total. The molecule has 7 heteroatoms. The lowest BCUT2D eigenvalue weighted by Gasteiger charge is -2.25. The first kappa shape index (κ1) is 13.3. The maximum Gasteiger partial charge on any atom is 0.260 e. The molecule has 106 valence electrons. The Kier molecular flexibility index (Phi) is 3.75. The van der Waals surface area contributed by atoms with Crippen LogP contribution in [0.15, 0.2) is 4.47 Å². The minimum absolute atomic E-state index is 0.293. The second-order valence-corrected chi connectivity index (χ2v) is 5.79. The highest BCUT2D eigenvalue weighted by molar-refractivity contribution is 9.10. The van der Waals surface area contributed by atoms with Crippen molar-refractivity contribution in [1.29, 1.82) is 0 Å². The summed E-state index contributed by atoms with van der Waals surface area (Å²) in [5.41, 5.74) is 0.887. The van der Waals surface area contributed by atoms with Gasteiger partial charge in [0.25, 0.3) is 6.43 Å². The number of aromatic nitrogens is 2. The van der Waals surface area contributed by atoms with Crippen LogP contribution >= 0.6 is 15.9 Å². The summed E-state index contributed by atoms with van der Waals surface area (Å²) in [4.78, 5) is 0. The molecule has 0 aliphatic carbocycles. The van der Waals surface area contributed by atoms with Crippen molar-refractivity contribution in [3.05, 3.63) is 10.2 Å². The van der Waals surface area contributed by atoms with Crippen LogP contribution in [0.3, 0.4) is 0 Å². The lowest BCUT2D eigenvalue weighted by Crippen LogP contribution is -2.28. The van der Waals surface area contributed by atoms with Gasteiger partial charge in [0.2, 0.25) is 0 Å². The lowest BCUT2D eigenvalue weighted by molar-refractivity contribution is 0.0696. The van der Waals surface area contributed by atoms with E-state index < -0.39 is 12.5 Å². The summed E-state index contributed by atoms with van der Waals surface area (Å²) in [6.45, 7) is 1.99. The molecular formula is C12H16BrF2N3O. The Morgan fingerprint density at radius 1 is 1.32 bits per heavy atom. The van der Waals surface area contributed by atoms with Crippen LogP contribution in [0.5, 0.6) is 0 Å². The summed E-state index contributed by atoms with van der Waals surface area (Å²) in [7, 11) is 0. The summed E-state index contributed by atoms with van der Waals surface area (Å²) in [5.74, 6) is 0.986. The second kappa shape index (κ2) is 5.36. The third kappa shape index (κ3) is 2.38. The number of anilines is 1. The first-order valence-electron chi connectivity index (χ1n) is 6.56. The van der Waals surface area contributed by atoms with Gasteiger partial charge in [-0.25, -0.2) is 13.5 Å². The average molecular weight is 336 g/mol. The standard InChI is InChI=1S/C12H16BrF2N3O/c13-9-10(7-2-5-19-6-3-7)17-18-8(11(14)15)1-4-16-12(9)18/h7-8,11,16H,1-6H2. The highest BCUT2D eigenvalue weighted by Crippen LogP contribution is 2.40. The first-order chi connectivity index (χ1) is 9.18. The molecule has 1 atom stereocenters. The molecule has 0 spiro atoms. The third-order valence-electron chi connectivity index (χ3n) is 3.82. The predicted octanol–water partition coefficient (Wildman–Crippen LogP) is 3.16. The summed E-state index contributed by atoms with van der Waals surface area (Å²) < 4.78 is 33.8. The van der Waals surface area contributed by atoms with Crippen molar-refractivity contribution in [3.8, 4) is 0 Å². The van der Waals surface area contributed by atoms with Gasteiger partial charge in [-0.15, -0.1) is 0 Å². The summed E-state index contributed by atoms with van der Waals surface area (Å²) in [5, 5.41) is 7.61. The molecule has 1 unspecified atom stereocenters. The highest BCUT2D eigenvalue weighted by atomic mass is 79.9. The van der Waals surface area contributed by atoms with Crippen LogP contribution in [0.1, 0.15) is 36.9 Å². The zero-order valence-electron chi connectivity index (χ0n) is 10.4. The quantitative estimate of drug-likeness (QED) is 0.902. The number of rotatable bonds is 2. The Morgan fingerprint density at radius 3 is 2.74 bits per heavy atom. The number of nitrogens with zero attached hydrogens (tertiary/aromatic N) is 2. The number of ether oxygens (including phenoxy) is 1. The number of alkyl halides is 2. The Hall–Kier alpha value is -0.690. The summed E-state index contributed by atoms with van der Waals surface area (Å²) in [6, 6.07) is -0.818. The fraction of sp³-hybridized carbons (Fsp3) is 0.750. The van der Waals surface area contributed by atoms with Crippen molar-refractivity contribution in [2.24, 2.45) is 0 Å². The van der Waals surface area contributed by atoms with Crippen LogP contribution in [0.2, 0.25) is 0 Å². The molecule has 0 radical (unpaired) electrons. The molecule has 2 aliphatic rings. The van der Waals surface area contributed by atoms with E-state index in [0.717, 1.165) is 23.0 Å². The smallest absolute Gasteiger partial charge is 0.260 e. The van der Waals surface area contributed by atoms with E-state index in [4.69, 9.17) is 4.74 Å². The molecule has 1 N–H and O–H groups in total. The van der Waals surface area contributed by atoms with E-state index in [0.29, 0.717) is 37.9 Å². The molecule has 19 heavy (non-hydrogen) atoms. The molecule has 1 saturated heterocycles. The van der Waals surface area contributed by atoms with Crippen LogP contribution in [0.25, 0.3) is 0 Å². The van der Waals surface area contributed by atoms with Crippen LogP contribution in [-0.2, 0) is 4.74 Å². The van der Waals surface area contributed by atoms with E-state index in [1.165, 1.54) is 4.68 Å². The van der Waals surface area contributed by atoms with Crippen LogP contribution in [0.4, 0.5) is 14.6 Å². The second-order valence-electron chi connectivity index (χ2n) is 5.00. The van der Waals surface area contributed by atoms with E-state index in [9.17, 15) is 8.78 Å². The first-order valence-corrected chi connectivity index (χ1v) is 7.35. The maximum absolute atomic E-state index is 13.1. The van der Waals surface area contributed by atoms with Gasteiger partial charge in [0, 0.05) is 25.7 Å². The third-order valence-corrected chi connectivity index (χ3v) is 4.60. The molecule has 1 aromatic rings. The number of hydrogen-bond donors (Lipinski definition) is 1. The van der Waals surface area contributed by atoms with Crippen molar-refractivity contribution in [1.82, 2.24) is 9.78 Å². The van der Waals surface area contributed by atoms with E-state index in [2.05, 4.69) is 26.3 Å². The van der Waals surface area contributed by atoms with E-state index in [1.54, 1.807) is 0 Å². The van der Waals surface area contributed by atoms with Gasteiger partial charge in [0.15, 0.2) is 0 Å². The monoisotopic (exact) mass is 335 g/mol. The highest BCUT2D eigenvalue weighted by Gasteiger charge is 2.33. The van der Waals surface area contributed by atoms with Crippen LogP contribution < -0.4 is 5.32 Å². The van der Waals surface area contributed by atoms with E-state index in [1.807, 2.05) is 0 Å². The zero-order chi connectivity index (χ0) is 13.4. The van der Waals surface area contributed by atoms with Gasteiger partial charge in [-0.2, -0.15) is 5.10 Å². The van der Waals surface area contributed by atoms with E-state index >= 15 is 0 Å². The topological polar surface area (TPSA) is 39.1 Å². The van der Waals surface area contributed by atoms with Gasteiger partial charge < -0.3 is 10.1 Å². The molecule has 0 aromatic carbocycles. The molecule has 1 aromatic heterocycles. The fourth-order valence-corrected chi connectivity index (χ4v) is 3.48. The van der Waals surface area contributed by atoms with Gasteiger partial charge in [-0.3, -0.25) is 0 Å². The predicted molar refractivity (Wildman–Crippen MR) is 70.9 cm³/mol. The largest absolute Gasteiger partial charge is 0.381 e. The number of fused-ring (bicyclic) bond motifs is 1. The van der Waals surface area contributed by atoms with Crippen LogP contribution in [0, 0.1) is 0 Å². The molecule has 0 amide bonds. The normalized spacial score (nSPS) is 24.3. The molecule has 1 fully saturated rings. The Labute approximate surface area is 118 Å². The van der Waals surface area contributed by atoms with Crippen molar-refractivity contribution in [2.75, 3.05) is 25.1 Å². The molecule has 0 saturated carbocycles. The van der Waals surface area contributed by atoms with Gasteiger partial charge in [-0.05, 0) is 35.2 Å². The van der Waals surface area contributed by atoms with Crippen molar-refractivity contribution in [3.63, 3.8) is 0 Å². The maximum atomic E-state index is 13.1. The molecular weight excluding hydrogens is 320 g/mol. The SMILES string of the molecule is FC(F)C1CCNc2c(Br)c(C3CCOCC3)nn21. The summed E-state index contributed by atoms with van der Waals surface area (Å²) in [6.07, 6.45) is -0.176. The Bertz CT molecular complexity index is 460. The van der Waals surface area contributed by atoms with Crippen molar-refractivity contribution >= 4 is 21.7 Å². The number of hydrogen-bond acceptors (Lipinski definition) is 3. The minimum Gasteiger partial charge on any atom is -0.381 e. The molecule has 3 heterocycles. The van der Waals surface area contributed by atoms with Gasteiger partial charge in [0.05, 0.1) is 10.2 Å². The Morgan fingerprint density at radius 2 is 2.05 bits per heavy atom. The molecule has 2 aliphatic heterocycles. The van der Waals surface area contributed by atoms with Gasteiger partial charge in [0.1, 0.15) is 11.9 Å². The number of halogens is 3. The van der Waals surface area contributed by atoms with E-state index in [-0.39, 0.29) is 0 Å².